The predicted molar refractivity (Wildman–Crippen MR) is 220 cm³/mol. The number of benzene rings is 5. The number of anilines is 3. The molecule has 6 aromatic rings. The summed E-state index contributed by atoms with van der Waals surface area (Å²) in [5.41, 5.74) is 4.49. The highest BCUT2D eigenvalue weighted by atomic mass is 28.4. The Balaban J connectivity index is 1.02. The number of nitrogens with zero attached hydrogens (tertiary/aromatic N) is 5. The molecule has 4 heterocycles. The predicted octanol–water partition coefficient (Wildman–Crippen LogP) is 7.29. The van der Waals surface area contributed by atoms with E-state index in [0.29, 0.717) is 30.0 Å². The van der Waals surface area contributed by atoms with E-state index in [1.807, 2.05) is 135 Å². The first kappa shape index (κ1) is 36.9. The van der Waals surface area contributed by atoms with Crippen LogP contribution in [0.5, 0.6) is 5.75 Å². The minimum absolute atomic E-state index is 0.0832. The van der Waals surface area contributed by atoms with E-state index in [4.69, 9.17) is 9.47 Å². The third kappa shape index (κ3) is 5.97. The molecule has 1 saturated heterocycles. The van der Waals surface area contributed by atoms with Crippen LogP contribution in [0.25, 0.3) is 10.8 Å². The SMILES string of the molecule is COc1ccc2c(c1)[C@]1(O[C@@H](CCn3cc(C(CO)c4ccccc4)nn3)[C@H]([Si](C)(C)O)[C@H]1C)C(=O)N2Cc1cccc(N2C(=O)c3cccc4cccc2c34)c1. The highest BCUT2D eigenvalue weighted by Gasteiger charge is 2.66. The average Bonchev–Trinajstić information content (AvgIpc) is 3.94. The highest BCUT2D eigenvalue weighted by Crippen LogP contribution is 2.60. The van der Waals surface area contributed by atoms with Crippen molar-refractivity contribution in [2.75, 3.05) is 23.5 Å². The third-order valence-corrected chi connectivity index (χ3v) is 14.7. The van der Waals surface area contributed by atoms with Gasteiger partial charge in [0, 0.05) is 40.8 Å². The summed E-state index contributed by atoms with van der Waals surface area (Å²) in [6, 6.07) is 34.9. The Hall–Kier alpha value is -5.66. The van der Waals surface area contributed by atoms with Gasteiger partial charge in [-0.05, 0) is 78.5 Å². The molecule has 0 radical (unpaired) electrons. The van der Waals surface area contributed by atoms with Gasteiger partial charge in [0.2, 0.25) is 0 Å². The van der Waals surface area contributed by atoms with Gasteiger partial charge >= 0.3 is 0 Å². The second-order valence-corrected chi connectivity index (χ2v) is 19.9. The van der Waals surface area contributed by atoms with Crippen molar-refractivity contribution in [2.24, 2.45) is 5.92 Å². The van der Waals surface area contributed by atoms with E-state index in [-0.39, 0.29) is 42.3 Å². The number of hydrogen-bond donors (Lipinski definition) is 2. The van der Waals surface area contributed by atoms with Gasteiger partial charge < -0.3 is 24.3 Å². The number of hydrogen-bond acceptors (Lipinski definition) is 8. The summed E-state index contributed by atoms with van der Waals surface area (Å²) >= 11 is 0. The Labute approximate surface area is 332 Å². The monoisotopic (exact) mass is 779 g/mol. The summed E-state index contributed by atoms with van der Waals surface area (Å²) in [5.74, 6) is -0.346. The van der Waals surface area contributed by atoms with Crippen molar-refractivity contribution in [2.45, 2.75) is 62.7 Å². The van der Waals surface area contributed by atoms with Gasteiger partial charge in [0.1, 0.15) is 5.75 Å². The van der Waals surface area contributed by atoms with Gasteiger partial charge in [0.15, 0.2) is 13.9 Å². The molecule has 1 spiro atoms. The van der Waals surface area contributed by atoms with E-state index in [1.165, 1.54) is 0 Å². The molecule has 11 nitrogen and oxygen atoms in total. The molecule has 5 aromatic carbocycles. The first-order chi connectivity index (χ1) is 27.5. The molecule has 9 rings (SSSR count). The van der Waals surface area contributed by atoms with Crippen molar-refractivity contribution < 1.29 is 29.0 Å². The summed E-state index contributed by atoms with van der Waals surface area (Å²) in [4.78, 5) is 44.4. The lowest BCUT2D eigenvalue weighted by atomic mass is 9.82. The standard InChI is InChI=1S/C45H45N5O6Si/c1-28-42(57(3,4)54)40(21-22-48-26-37(46-47-48)35(27-51)30-12-6-5-7-13-30)56-45(28)36-24-33(55-2)19-20-38(36)49(44(45)53)25-29-11-8-16-32(23-29)50-39-18-10-15-31-14-9-17-34(41(31)39)43(50)52/h5-20,23-24,26,28,35,40,42,51,54H,21-22,25,27H2,1-4H3/t28-,35?,40+,42-,45+/m1/s1. The number of methoxy groups -OCH3 is 1. The van der Waals surface area contributed by atoms with Crippen LogP contribution in [0.3, 0.4) is 0 Å². The normalized spacial score (nSPS) is 21.9. The van der Waals surface area contributed by atoms with Crippen LogP contribution in [-0.2, 0) is 28.2 Å². The molecule has 290 valence electrons. The summed E-state index contributed by atoms with van der Waals surface area (Å²) in [7, 11) is -1.33. The summed E-state index contributed by atoms with van der Waals surface area (Å²) in [6.07, 6.45) is 1.88. The lowest BCUT2D eigenvalue weighted by Gasteiger charge is -2.32. The second-order valence-electron chi connectivity index (χ2n) is 16.0. The van der Waals surface area contributed by atoms with E-state index < -0.39 is 20.0 Å². The van der Waals surface area contributed by atoms with Crippen molar-refractivity contribution in [3.63, 3.8) is 0 Å². The molecule has 1 aromatic heterocycles. The first-order valence-corrected chi connectivity index (χ1v) is 22.5. The fourth-order valence-electron chi connectivity index (χ4n) is 9.66. The molecule has 5 atom stereocenters. The van der Waals surface area contributed by atoms with Crippen LogP contribution in [0.2, 0.25) is 18.6 Å². The molecule has 1 unspecified atom stereocenters. The first-order valence-electron chi connectivity index (χ1n) is 19.4. The largest absolute Gasteiger partial charge is 0.497 e. The summed E-state index contributed by atoms with van der Waals surface area (Å²) in [6.45, 7) is 6.43. The Morgan fingerprint density at radius 1 is 0.930 bits per heavy atom. The number of aliphatic hydroxyl groups is 1. The van der Waals surface area contributed by atoms with Crippen molar-refractivity contribution in [3.8, 4) is 5.75 Å². The van der Waals surface area contributed by atoms with Crippen LogP contribution in [0.4, 0.5) is 17.1 Å². The van der Waals surface area contributed by atoms with Crippen molar-refractivity contribution in [1.29, 1.82) is 0 Å². The topological polar surface area (TPSA) is 130 Å². The zero-order chi connectivity index (χ0) is 39.6. The lowest BCUT2D eigenvalue weighted by Crippen LogP contribution is -2.46. The van der Waals surface area contributed by atoms with Gasteiger partial charge in [-0.2, -0.15) is 0 Å². The van der Waals surface area contributed by atoms with Gasteiger partial charge in [-0.3, -0.25) is 19.2 Å². The Morgan fingerprint density at radius 2 is 1.70 bits per heavy atom. The number of aliphatic hydroxyl groups excluding tert-OH is 1. The number of carbonyl (C=O) groups is 2. The number of amides is 2. The molecular weight excluding hydrogens is 735 g/mol. The summed E-state index contributed by atoms with van der Waals surface area (Å²) < 4.78 is 14.5. The molecule has 57 heavy (non-hydrogen) atoms. The molecular formula is C45H45N5O6Si. The maximum absolute atomic E-state index is 15.2. The van der Waals surface area contributed by atoms with Crippen LogP contribution >= 0.6 is 0 Å². The molecule has 3 aliphatic rings. The molecule has 0 saturated carbocycles. The van der Waals surface area contributed by atoms with E-state index in [0.717, 1.165) is 44.5 Å². The quantitative estimate of drug-likeness (QED) is 0.131. The van der Waals surface area contributed by atoms with Crippen LogP contribution in [0.15, 0.2) is 115 Å². The highest BCUT2D eigenvalue weighted by molar-refractivity contribution is 6.71. The van der Waals surface area contributed by atoms with Gasteiger partial charge in [-0.15, -0.1) is 5.10 Å². The van der Waals surface area contributed by atoms with Crippen LogP contribution in [0.1, 0.15) is 52.0 Å². The molecule has 0 bridgehead atoms. The zero-order valence-corrected chi connectivity index (χ0v) is 33.4. The average molecular weight is 780 g/mol. The smallest absolute Gasteiger partial charge is 0.264 e. The van der Waals surface area contributed by atoms with Gasteiger partial charge in [0.25, 0.3) is 11.8 Å². The number of rotatable bonds is 11. The van der Waals surface area contributed by atoms with E-state index >= 15 is 4.79 Å². The summed E-state index contributed by atoms with van der Waals surface area (Å²) in [5, 5.41) is 21.0. The zero-order valence-electron chi connectivity index (χ0n) is 32.4. The van der Waals surface area contributed by atoms with E-state index in [2.05, 4.69) is 10.3 Å². The Bertz CT molecular complexity index is 2510. The van der Waals surface area contributed by atoms with Gasteiger partial charge in [-0.25, -0.2) is 0 Å². The number of aromatic nitrogens is 3. The van der Waals surface area contributed by atoms with E-state index in [1.54, 1.807) is 21.6 Å². The minimum Gasteiger partial charge on any atom is -0.497 e. The molecule has 1 fully saturated rings. The fraction of sp³-hybridized carbons (Fsp3) is 0.289. The van der Waals surface area contributed by atoms with Crippen LogP contribution in [-0.4, -0.2) is 64.8 Å². The number of carbonyl (C=O) groups excluding carboxylic acids is 2. The van der Waals surface area contributed by atoms with Crippen molar-refractivity contribution in [3.05, 3.63) is 143 Å². The molecule has 3 aliphatic heterocycles. The molecule has 0 aliphatic carbocycles. The third-order valence-electron chi connectivity index (χ3n) is 12.2. The van der Waals surface area contributed by atoms with Crippen LogP contribution in [0, 0.1) is 5.92 Å². The van der Waals surface area contributed by atoms with Gasteiger partial charge in [0.05, 0.1) is 54.9 Å². The maximum Gasteiger partial charge on any atom is 0.264 e. The molecule has 12 heteroatoms. The van der Waals surface area contributed by atoms with Gasteiger partial charge in [-0.1, -0.05) is 78.9 Å². The fourth-order valence-corrected chi connectivity index (χ4v) is 12.3. The lowest BCUT2D eigenvalue weighted by molar-refractivity contribution is -0.146. The van der Waals surface area contributed by atoms with Crippen LogP contribution < -0.4 is 14.5 Å². The van der Waals surface area contributed by atoms with Crippen molar-refractivity contribution in [1.82, 2.24) is 15.0 Å². The van der Waals surface area contributed by atoms with E-state index in [9.17, 15) is 14.7 Å². The molecule has 2 N–H and O–H groups in total. The maximum atomic E-state index is 15.2. The second kappa shape index (κ2) is 14.1. The number of aryl methyl sites for hydroxylation is 1. The van der Waals surface area contributed by atoms with Crippen molar-refractivity contribution >= 4 is 48.0 Å². The Morgan fingerprint density at radius 3 is 2.46 bits per heavy atom. The number of ether oxygens (including phenoxy) is 2. The number of fused-ring (bicyclic) bond motifs is 2. The minimum atomic E-state index is -2.93. The Kier molecular flexibility index (Phi) is 9.12. The molecule has 2 amide bonds.